The molecule has 0 unspecified atom stereocenters. The Balaban J connectivity index is 1.84. The topological polar surface area (TPSA) is 70.8 Å². The monoisotopic (exact) mass is 283 g/mol. The molecule has 2 heterocycles. The molecule has 5 nitrogen and oxygen atoms in total. The molecule has 1 aromatic carbocycles. The van der Waals surface area contributed by atoms with Crippen LogP contribution in [0.3, 0.4) is 0 Å². The van der Waals surface area contributed by atoms with Crippen LogP contribution < -0.4 is 0 Å². The van der Waals surface area contributed by atoms with Crippen LogP contribution in [0.15, 0.2) is 36.5 Å². The van der Waals surface area contributed by atoms with Gasteiger partial charge in [0.25, 0.3) is 0 Å². The summed E-state index contributed by atoms with van der Waals surface area (Å²) in [7, 11) is 0. The normalized spacial score (nSPS) is 10.9. The standard InChI is InChI=1S/C16H17N3O2/c1-2-3-8-21-16(20)12-5-4-11-9-15(18-14(11)10-12)13-6-7-17-19-13/h4-7,9-10,18H,2-3,8H2,1H3,(H,17,19). The van der Waals surface area contributed by atoms with E-state index in [9.17, 15) is 4.79 Å². The second-order valence-electron chi connectivity index (χ2n) is 4.94. The lowest BCUT2D eigenvalue weighted by Gasteiger charge is -2.03. The molecule has 0 bridgehead atoms. The number of carbonyl (C=O) groups is 1. The number of aromatic nitrogens is 3. The van der Waals surface area contributed by atoms with E-state index < -0.39 is 0 Å². The number of carbonyl (C=O) groups excluding carboxylic acids is 1. The molecule has 0 spiro atoms. The number of benzene rings is 1. The van der Waals surface area contributed by atoms with Gasteiger partial charge in [0.1, 0.15) is 0 Å². The van der Waals surface area contributed by atoms with Gasteiger partial charge in [-0.15, -0.1) is 0 Å². The summed E-state index contributed by atoms with van der Waals surface area (Å²) >= 11 is 0. The zero-order valence-electron chi connectivity index (χ0n) is 11.8. The van der Waals surface area contributed by atoms with Gasteiger partial charge in [-0.05, 0) is 30.7 Å². The minimum absolute atomic E-state index is 0.275. The van der Waals surface area contributed by atoms with Crippen molar-refractivity contribution in [2.45, 2.75) is 19.8 Å². The molecule has 0 fully saturated rings. The highest BCUT2D eigenvalue weighted by atomic mass is 16.5. The van der Waals surface area contributed by atoms with Crippen molar-refractivity contribution in [3.05, 3.63) is 42.1 Å². The van der Waals surface area contributed by atoms with E-state index in [0.717, 1.165) is 35.1 Å². The minimum atomic E-state index is -0.275. The highest BCUT2D eigenvalue weighted by Gasteiger charge is 2.10. The van der Waals surface area contributed by atoms with Gasteiger partial charge in [0.2, 0.25) is 0 Å². The summed E-state index contributed by atoms with van der Waals surface area (Å²) in [4.78, 5) is 15.2. The Bertz CT molecular complexity index is 744. The third kappa shape index (κ3) is 2.81. The lowest BCUT2D eigenvalue weighted by Crippen LogP contribution is -2.06. The summed E-state index contributed by atoms with van der Waals surface area (Å²) in [6.45, 7) is 2.54. The third-order valence-corrected chi connectivity index (χ3v) is 3.38. The van der Waals surface area contributed by atoms with Crippen LogP contribution >= 0.6 is 0 Å². The number of unbranched alkanes of at least 4 members (excludes halogenated alkanes) is 1. The number of H-pyrrole nitrogens is 2. The predicted molar refractivity (Wildman–Crippen MR) is 81.1 cm³/mol. The number of hydrogen-bond donors (Lipinski definition) is 2. The van der Waals surface area contributed by atoms with Crippen LogP contribution in [0.25, 0.3) is 22.3 Å². The molecule has 3 rings (SSSR count). The van der Waals surface area contributed by atoms with E-state index in [1.807, 2.05) is 24.3 Å². The molecule has 0 amide bonds. The van der Waals surface area contributed by atoms with Crippen molar-refractivity contribution in [3.63, 3.8) is 0 Å². The fourth-order valence-corrected chi connectivity index (χ4v) is 2.20. The number of ether oxygens (including phenoxy) is 1. The van der Waals surface area contributed by atoms with Gasteiger partial charge in [0.15, 0.2) is 0 Å². The van der Waals surface area contributed by atoms with E-state index >= 15 is 0 Å². The minimum Gasteiger partial charge on any atom is -0.462 e. The maximum atomic E-state index is 11.9. The van der Waals surface area contributed by atoms with E-state index in [-0.39, 0.29) is 5.97 Å². The highest BCUT2D eigenvalue weighted by Crippen LogP contribution is 2.23. The number of esters is 1. The summed E-state index contributed by atoms with van der Waals surface area (Å²) in [5.41, 5.74) is 3.33. The van der Waals surface area contributed by atoms with Gasteiger partial charge < -0.3 is 9.72 Å². The molecule has 108 valence electrons. The van der Waals surface area contributed by atoms with Crippen LogP contribution in [0.1, 0.15) is 30.1 Å². The number of nitrogens with one attached hydrogen (secondary N) is 2. The number of aromatic amines is 2. The molecule has 0 saturated heterocycles. The van der Waals surface area contributed by atoms with Crippen LogP contribution in [0.5, 0.6) is 0 Å². The second kappa shape index (κ2) is 5.83. The summed E-state index contributed by atoms with van der Waals surface area (Å²) in [5.74, 6) is -0.275. The Morgan fingerprint density at radius 1 is 1.24 bits per heavy atom. The fraction of sp³-hybridized carbons (Fsp3) is 0.250. The summed E-state index contributed by atoms with van der Waals surface area (Å²) in [5, 5.41) is 7.90. The highest BCUT2D eigenvalue weighted by molar-refractivity contribution is 5.95. The van der Waals surface area contributed by atoms with E-state index in [1.54, 1.807) is 12.3 Å². The Hall–Kier alpha value is -2.56. The maximum Gasteiger partial charge on any atom is 0.338 e. The van der Waals surface area contributed by atoms with Crippen molar-refractivity contribution in [1.82, 2.24) is 15.2 Å². The average molecular weight is 283 g/mol. The molecule has 0 aliphatic rings. The molecule has 0 aliphatic heterocycles. The van der Waals surface area contributed by atoms with Crippen molar-refractivity contribution < 1.29 is 9.53 Å². The third-order valence-electron chi connectivity index (χ3n) is 3.38. The molecule has 2 N–H and O–H groups in total. The van der Waals surface area contributed by atoms with Crippen LogP contribution in [0.4, 0.5) is 0 Å². The van der Waals surface area contributed by atoms with Gasteiger partial charge in [0, 0.05) is 17.1 Å². The van der Waals surface area contributed by atoms with Gasteiger partial charge >= 0.3 is 5.97 Å². The summed E-state index contributed by atoms with van der Waals surface area (Å²) in [6.07, 6.45) is 3.61. The molecule has 0 radical (unpaired) electrons. The molecule has 0 atom stereocenters. The van der Waals surface area contributed by atoms with Gasteiger partial charge in [-0.1, -0.05) is 19.4 Å². The first-order chi connectivity index (χ1) is 10.3. The molecular weight excluding hydrogens is 266 g/mol. The van der Waals surface area contributed by atoms with E-state index in [4.69, 9.17) is 4.74 Å². The fourth-order valence-electron chi connectivity index (χ4n) is 2.20. The smallest absolute Gasteiger partial charge is 0.338 e. The molecule has 2 aromatic heterocycles. The van der Waals surface area contributed by atoms with Crippen LogP contribution in [0, 0.1) is 0 Å². The SMILES string of the molecule is CCCCOC(=O)c1ccc2cc(-c3ccn[nH]3)[nH]c2c1. The first-order valence-corrected chi connectivity index (χ1v) is 7.07. The average Bonchev–Trinajstić information content (AvgIpc) is 3.15. The molecule has 3 aromatic rings. The first kappa shape index (κ1) is 13.4. The Kier molecular flexibility index (Phi) is 3.73. The second-order valence-corrected chi connectivity index (χ2v) is 4.94. The van der Waals surface area contributed by atoms with Gasteiger partial charge in [-0.3, -0.25) is 5.10 Å². The Morgan fingerprint density at radius 2 is 2.14 bits per heavy atom. The molecule has 0 saturated carbocycles. The molecular formula is C16H17N3O2. The zero-order valence-corrected chi connectivity index (χ0v) is 11.8. The molecule has 21 heavy (non-hydrogen) atoms. The summed E-state index contributed by atoms with van der Waals surface area (Å²) < 4.78 is 5.23. The first-order valence-electron chi connectivity index (χ1n) is 7.07. The zero-order chi connectivity index (χ0) is 14.7. The number of nitrogens with zero attached hydrogens (tertiary/aromatic N) is 1. The molecule has 0 aliphatic carbocycles. The summed E-state index contributed by atoms with van der Waals surface area (Å²) in [6, 6.07) is 9.45. The van der Waals surface area contributed by atoms with E-state index in [0.29, 0.717) is 12.2 Å². The Labute approximate surface area is 122 Å². The number of hydrogen-bond acceptors (Lipinski definition) is 3. The Morgan fingerprint density at radius 3 is 2.90 bits per heavy atom. The number of fused-ring (bicyclic) bond motifs is 1. The van der Waals surface area contributed by atoms with Gasteiger partial charge in [-0.25, -0.2) is 4.79 Å². The van der Waals surface area contributed by atoms with Crippen molar-refractivity contribution >= 4 is 16.9 Å². The number of rotatable bonds is 5. The largest absolute Gasteiger partial charge is 0.462 e. The van der Waals surface area contributed by atoms with Gasteiger partial charge in [-0.2, -0.15) is 5.10 Å². The molecule has 5 heteroatoms. The van der Waals surface area contributed by atoms with Crippen molar-refractivity contribution in [2.24, 2.45) is 0 Å². The van der Waals surface area contributed by atoms with Crippen LogP contribution in [0.2, 0.25) is 0 Å². The van der Waals surface area contributed by atoms with Crippen molar-refractivity contribution in [1.29, 1.82) is 0 Å². The van der Waals surface area contributed by atoms with Crippen LogP contribution in [-0.2, 0) is 4.74 Å². The van der Waals surface area contributed by atoms with Gasteiger partial charge in [0.05, 0.1) is 23.6 Å². The lowest BCUT2D eigenvalue weighted by molar-refractivity contribution is 0.0500. The van der Waals surface area contributed by atoms with Crippen molar-refractivity contribution in [2.75, 3.05) is 6.61 Å². The van der Waals surface area contributed by atoms with Crippen molar-refractivity contribution in [3.8, 4) is 11.4 Å². The quantitative estimate of drug-likeness (QED) is 0.556. The maximum absolute atomic E-state index is 11.9. The lowest BCUT2D eigenvalue weighted by atomic mass is 10.1. The van der Waals surface area contributed by atoms with E-state index in [1.165, 1.54) is 0 Å². The van der Waals surface area contributed by atoms with Crippen LogP contribution in [-0.4, -0.2) is 27.8 Å². The van der Waals surface area contributed by atoms with E-state index in [2.05, 4.69) is 22.1 Å². The predicted octanol–water partition coefficient (Wildman–Crippen LogP) is 3.51.